The summed E-state index contributed by atoms with van der Waals surface area (Å²) in [7, 11) is 0. The molecule has 100 valence electrons. The van der Waals surface area contributed by atoms with Gasteiger partial charge in [0.2, 0.25) is 5.78 Å². The summed E-state index contributed by atoms with van der Waals surface area (Å²) in [5.41, 5.74) is 0.419. The van der Waals surface area contributed by atoms with Crippen LogP contribution in [0.3, 0.4) is 0 Å². The molecule has 19 heavy (non-hydrogen) atoms. The van der Waals surface area contributed by atoms with Crippen LogP contribution in [-0.4, -0.2) is 15.6 Å². The van der Waals surface area contributed by atoms with E-state index < -0.39 is 0 Å². The van der Waals surface area contributed by atoms with E-state index in [1.807, 2.05) is 0 Å². The van der Waals surface area contributed by atoms with Crippen LogP contribution in [0.15, 0.2) is 18.2 Å². The maximum atomic E-state index is 12.2. The molecule has 2 aromatic rings. The summed E-state index contributed by atoms with van der Waals surface area (Å²) in [4.78, 5) is 12.2. The van der Waals surface area contributed by atoms with Crippen LogP contribution in [0.4, 0.5) is 0 Å². The number of nitrogen functional groups attached to an aromatic ring is 1. The van der Waals surface area contributed by atoms with Crippen LogP contribution in [0.5, 0.6) is 0 Å². The quantitative estimate of drug-likeness (QED) is 0.533. The maximum absolute atomic E-state index is 12.2. The molecule has 1 heterocycles. The van der Waals surface area contributed by atoms with Crippen LogP contribution < -0.4 is 10.5 Å². The average molecular weight is 300 g/mol. The summed E-state index contributed by atoms with van der Waals surface area (Å²) in [6.07, 6.45) is 0. The molecule has 0 amide bonds. The van der Waals surface area contributed by atoms with Crippen molar-refractivity contribution in [3.8, 4) is 0 Å². The Kier molecular flexibility index (Phi) is 3.78. The lowest BCUT2D eigenvalue weighted by atomic mass is 10.1. The second-order valence-corrected chi connectivity index (χ2v) is 5.01. The largest absolute Gasteiger partial charge is 0.295 e. The number of carbonyl (C=O) groups excluding carboxylic acids is 1. The summed E-state index contributed by atoms with van der Waals surface area (Å²) < 4.78 is 2.97. The minimum Gasteiger partial charge on any atom is -0.290 e. The van der Waals surface area contributed by atoms with E-state index in [1.54, 1.807) is 36.7 Å². The van der Waals surface area contributed by atoms with Gasteiger partial charge in [-0.15, -0.1) is 9.36 Å². The van der Waals surface area contributed by atoms with Gasteiger partial charge in [-0.25, -0.2) is 0 Å². The first-order valence-corrected chi connectivity index (χ1v) is 6.35. The minimum atomic E-state index is -0.145. The predicted molar refractivity (Wildman–Crippen MR) is 72.8 cm³/mol. The number of halogens is 2. The molecule has 0 spiro atoms. The number of benzene rings is 1. The fourth-order valence-electron chi connectivity index (χ4n) is 1.74. The first-order valence-electron chi connectivity index (χ1n) is 5.59. The second-order valence-electron chi connectivity index (χ2n) is 4.17. The summed E-state index contributed by atoms with van der Waals surface area (Å²) in [6, 6.07) is 4.78. The van der Waals surface area contributed by atoms with Crippen LogP contribution in [0.25, 0.3) is 0 Å². The van der Waals surface area contributed by atoms with Gasteiger partial charge in [-0.1, -0.05) is 23.2 Å². The molecule has 0 atom stereocenters. The lowest BCUT2D eigenvalue weighted by molar-refractivity contribution is -0.652. The molecule has 0 bridgehead atoms. The predicted octanol–water partition coefficient (Wildman–Crippen LogP) is 1.69. The van der Waals surface area contributed by atoms with E-state index in [0.29, 0.717) is 27.3 Å². The van der Waals surface area contributed by atoms with Gasteiger partial charge in [0.15, 0.2) is 6.54 Å². The first-order chi connectivity index (χ1) is 8.90. The average Bonchev–Trinajstić information content (AvgIpc) is 2.57. The van der Waals surface area contributed by atoms with Crippen molar-refractivity contribution in [3.63, 3.8) is 0 Å². The number of nitrogens with two attached hydrogens (primary N) is 1. The zero-order valence-electron chi connectivity index (χ0n) is 10.5. The monoisotopic (exact) mass is 299 g/mol. The first kappa shape index (κ1) is 13.8. The van der Waals surface area contributed by atoms with Crippen molar-refractivity contribution in [2.24, 2.45) is 0 Å². The van der Waals surface area contributed by atoms with Crippen molar-refractivity contribution in [2.75, 3.05) is 5.84 Å². The Labute approximate surface area is 120 Å². The normalized spacial score (nSPS) is 10.7. The van der Waals surface area contributed by atoms with Crippen LogP contribution in [0.1, 0.15) is 22.0 Å². The van der Waals surface area contributed by atoms with Crippen LogP contribution >= 0.6 is 23.2 Å². The van der Waals surface area contributed by atoms with E-state index in [4.69, 9.17) is 29.0 Å². The van der Waals surface area contributed by atoms with Gasteiger partial charge in [-0.2, -0.15) is 0 Å². The fraction of sp³-hybridized carbons (Fsp3) is 0.250. The van der Waals surface area contributed by atoms with E-state index in [0.717, 1.165) is 0 Å². The molecular formula is C12H13Cl2N4O+. The van der Waals surface area contributed by atoms with Crippen LogP contribution in [-0.2, 0) is 6.54 Å². The molecule has 1 aromatic heterocycles. The van der Waals surface area contributed by atoms with E-state index >= 15 is 0 Å². The molecular weight excluding hydrogens is 287 g/mol. The van der Waals surface area contributed by atoms with Gasteiger partial charge in [0, 0.05) is 29.5 Å². The molecule has 0 unspecified atom stereocenters. The molecule has 7 heteroatoms. The Bertz CT molecular complexity index is 651. The Morgan fingerprint density at radius 1 is 1.42 bits per heavy atom. The van der Waals surface area contributed by atoms with Crippen molar-refractivity contribution < 1.29 is 9.47 Å². The Hall–Kier alpha value is -1.59. The Morgan fingerprint density at radius 3 is 2.63 bits per heavy atom. The zero-order valence-corrected chi connectivity index (χ0v) is 12.0. The highest BCUT2D eigenvalue weighted by Crippen LogP contribution is 2.21. The van der Waals surface area contributed by atoms with Gasteiger partial charge >= 0.3 is 0 Å². The molecule has 2 N–H and O–H groups in total. The van der Waals surface area contributed by atoms with Crippen molar-refractivity contribution in [1.82, 2.24) is 9.78 Å². The number of aromatic nitrogens is 3. The topological polar surface area (TPSA) is 64.8 Å². The highest BCUT2D eigenvalue weighted by atomic mass is 35.5. The van der Waals surface area contributed by atoms with Crippen LogP contribution in [0.2, 0.25) is 10.0 Å². The fourth-order valence-corrected chi connectivity index (χ4v) is 2.25. The van der Waals surface area contributed by atoms with Crippen molar-refractivity contribution >= 4 is 29.0 Å². The second kappa shape index (κ2) is 5.19. The van der Waals surface area contributed by atoms with E-state index in [9.17, 15) is 4.79 Å². The van der Waals surface area contributed by atoms with Crippen molar-refractivity contribution in [3.05, 3.63) is 45.5 Å². The minimum absolute atomic E-state index is 0.0816. The molecule has 5 nitrogen and oxygen atoms in total. The molecule has 0 radical (unpaired) electrons. The summed E-state index contributed by atoms with van der Waals surface area (Å²) >= 11 is 11.8. The third-order valence-electron chi connectivity index (χ3n) is 2.86. The van der Waals surface area contributed by atoms with Gasteiger partial charge in [-0.3, -0.25) is 10.6 Å². The molecule has 2 rings (SSSR count). The summed E-state index contributed by atoms with van der Waals surface area (Å²) in [6.45, 7) is 3.64. The van der Waals surface area contributed by atoms with Gasteiger partial charge in [0.05, 0.1) is 5.02 Å². The standard InChI is InChI=1S/C12H13Cl2N4O/c1-7-16-17(8(2)18(7)15)6-12(19)10-4-3-9(13)5-11(10)14/h3-5H,6,15H2,1-2H3/q+1. The molecule has 0 saturated carbocycles. The molecule has 0 aliphatic carbocycles. The molecule has 0 fully saturated rings. The van der Waals surface area contributed by atoms with Gasteiger partial charge < -0.3 is 0 Å². The molecule has 0 saturated heterocycles. The molecule has 0 aliphatic heterocycles. The number of aryl methyl sites for hydroxylation is 1. The highest BCUT2D eigenvalue weighted by Gasteiger charge is 2.21. The number of hydrogen-bond donors (Lipinski definition) is 1. The third kappa shape index (κ3) is 2.72. The lowest BCUT2D eigenvalue weighted by Crippen LogP contribution is -2.48. The number of carbonyl (C=O) groups is 1. The summed E-state index contributed by atoms with van der Waals surface area (Å²) in [5, 5.41) is 5.01. The third-order valence-corrected chi connectivity index (χ3v) is 3.41. The Morgan fingerprint density at radius 2 is 2.11 bits per heavy atom. The zero-order chi connectivity index (χ0) is 14.2. The van der Waals surface area contributed by atoms with Gasteiger partial charge in [0.25, 0.3) is 11.6 Å². The van der Waals surface area contributed by atoms with Crippen LogP contribution in [0, 0.1) is 13.8 Å². The number of rotatable bonds is 3. The van der Waals surface area contributed by atoms with E-state index in [1.165, 1.54) is 4.68 Å². The Balaban J connectivity index is 2.28. The maximum Gasteiger partial charge on any atom is 0.295 e. The number of nitrogens with zero attached hydrogens (tertiary/aromatic N) is 3. The highest BCUT2D eigenvalue weighted by molar-refractivity contribution is 6.36. The smallest absolute Gasteiger partial charge is 0.290 e. The van der Waals surface area contributed by atoms with E-state index in [-0.39, 0.29) is 12.3 Å². The number of Topliss-reactive ketones (excluding diaryl/α,β-unsaturated/α-hetero) is 1. The SMILES string of the molecule is Cc1nn(CC(=O)c2ccc(Cl)cc2Cl)c(C)[n+]1N. The number of ketones is 1. The molecule has 0 aliphatic rings. The number of hydrogen-bond acceptors (Lipinski definition) is 3. The van der Waals surface area contributed by atoms with Gasteiger partial charge in [-0.05, 0) is 18.2 Å². The molecule has 1 aromatic carbocycles. The van der Waals surface area contributed by atoms with Gasteiger partial charge in [0.1, 0.15) is 0 Å². The van der Waals surface area contributed by atoms with E-state index in [2.05, 4.69) is 5.10 Å². The lowest BCUT2D eigenvalue weighted by Gasteiger charge is -2.02. The summed E-state index contributed by atoms with van der Waals surface area (Å²) in [5.74, 6) is 6.92. The van der Waals surface area contributed by atoms with Crippen molar-refractivity contribution in [2.45, 2.75) is 20.4 Å². The van der Waals surface area contributed by atoms with Crippen molar-refractivity contribution in [1.29, 1.82) is 0 Å².